The molecule has 1 atom stereocenters. The summed E-state index contributed by atoms with van der Waals surface area (Å²) in [5.74, 6) is 0. The molecule has 42 valence electrons. The first kappa shape index (κ1) is 6.04. The van der Waals surface area contributed by atoms with Gasteiger partial charge in [-0.05, 0) is 0 Å². The maximum Gasteiger partial charge on any atom is 0.106 e. The SMILES string of the molecule is C[Si]1(C)CC[SiH]1Br. The van der Waals surface area contributed by atoms with Crippen molar-refractivity contribution in [3.63, 3.8) is 0 Å². The van der Waals surface area contributed by atoms with Gasteiger partial charge in [-0.25, -0.2) is 0 Å². The fraction of sp³-hybridized carbons (Fsp3) is 1.00. The highest BCUT2D eigenvalue weighted by atomic mass is 79.9. The zero-order valence-electron chi connectivity index (χ0n) is 4.87. The average Bonchev–Trinajstić information content (AvgIpc) is 1.63. The molecule has 7 heavy (non-hydrogen) atoms. The zero-order valence-corrected chi connectivity index (χ0v) is 8.61. The molecule has 0 radical (unpaired) electrons. The third-order valence-corrected chi connectivity index (χ3v) is 25.9. The van der Waals surface area contributed by atoms with Crippen LogP contribution in [-0.4, -0.2) is 14.5 Å². The van der Waals surface area contributed by atoms with Crippen molar-refractivity contribution in [2.75, 3.05) is 0 Å². The molecule has 1 rings (SSSR count). The van der Waals surface area contributed by atoms with Gasteiger partial charge in [-0.1, -0.05) is 25.2 Å². The summed E-state index contributed by atoms with van der Waals surface area (Å²) < 4.78 is 0. The van der Waals surface area contributed by atoms with Gasteiger partial charge in [-0.15, -0.1) is 15.3 Å². The molecule has 0 amide bonds. The Morgan fingerprint density at radius 3 is 2.00 bits per heavy atom. The summed E-state index contributed by atoms with van der Waals surface area (Å²) in [6, 6.07) is 3.16. The molecule has 0 saturated carbocycles. The largest absolute Gasteiger partial charge is 0.134 e. The molecule has 0 N–H and O–H groups in total. The minimum atomic E-state index is -0.498. The summed E-state index contributed by atoms with van der Waals surface area (Å²) >= 11 is 3.78. The van der Waals surface area contributed by atoms with E-state index >= 15 is 0 Å². The van der Waals surface area contributed by atoms with Gasteiger partial charge in [0.25, 0.3) is 0 Å². The second-order valence-electron chi connectivity index (χ2n) is 2.99. The molecule has 1 heterocycles. The standard InChI is InChI=1S/C4H11BrSi2/c1-7(2)4-3-6(7)5/h6H,3-4H2,1-2H3. The number of hydrogen-bond donors (Lipinski definition) is 0. The second kappa shape index (κ2) is 1.70. The van der Waals surface area contributed by atoms with E-state index in [1.165, 1.54) is 0 Å². The summed E-state index contributed by atoms with van der Waals surface area (Å²) in [4.78, 5) is 0. The van der Waals surface area contributed by atoms with Crippen molar-refractivity contribution in [1.29, 1.82) is 0 Å². The van der Waals surface area contributed by atoms with Gasteiger partial charge >= 0.3 is 0 Å². The zero-order chi connectivity index (χ0) is 5.49. The first-order valence-corrected chi connectivity index (χ1v) is 11.8. The summed E-state index contributed by atoms with van der Waals surface area (Å²) in [5.41, 5.74) is 0. The Balaban J connectivity index is 2.43. The lowest BCUT2D eigenvalue weighted by molar-refractivity contribution is 1.30. The predicted octanol–water partition coefficient (Wildman–Crippen LogP) is 1.91. The van der Waals surface area contributed by atoms with Crippen molar-refractivity contribution < 1.29 is 0 Å². The molecule has 0 aromatic heterocycles. The van der Waals surface area contributed by atoms with Crippen LogP contribution in [0.2, 0.25) is 25.2 Å². The first-order valence-electron chi connectivity index (χ1n) is 2.77. The molecule has 0 aliphatic carbocycles. The van der Waals surface area contributed by atoms with Gasteiger partial charge < -0.3 is 0 Å². The van der Waals surface area contributed by atoms with Crippen molar-refractivity contribution in [3.05, 3.63) is 0 Å². The van der Waals surface area contributed by atoms with Crippen LogP contribution in [0.5, 0.6) is 0 Å². The van der Waals surface area contributed by atoms with Crippen LogP contribution in [0.1, 0.15) is 0 Å². The Labute approximate surface area is 55.3 Å². The lowest BCUT2D eigenvalue weighted by Gasteiger charge is -2.37. The molecule has 1 unspecified atom stereocenters. The Bertz CT molecular complexity index is 81.8. The molecule has 0 aromatic carbocycles. The predicted molar refractivity (Wildman–Crippen MR) is 43.2 cm³/mol. The molecule has 0 nitrogen and oxygen atoms in total. The van der Waals surface area contributed by atoms with Crippen molar-refractivity contribution in [3.8, 4) is 0 Å². The van der Waals surface area contributed by atoms with E-state index in [4.69, 9.17) is 0 Å². The number of hydrogen-bond acceptors (Lipinski definition) is 0. The fourth-order valence-electron chi connectivity index (χ4n) is 0.831. The highest BCUT2D eigenvalue weighted by Crippen LogP contribution is 2.33. The quantitative estimate of drug-likeness (QED) is 0.409. The third kappa shape index (κ3) is 1.00. The molecule has 1 aliphatic heterocycles. The Morgan fingerprint density at radius 2 is 2.00 bits per heavy atom. The normalized spacial score (nSPS) is 37.3. The minimum absolute atomic E-state index is 0.227. The summed E-state index contributed by atoms with van der Waals surface area (Å²) in [5, 5.41) is 0. The molecule has 0 bridgehead atoms. The summed E-state index contributed by atoms with van der Waals surface area (Å²) in [6.45, 7) is 4.78. The van der Waals surface area contributed by atoms with Gasteiger partial charge in [0.15, 0.2) is 0 Å². The Kier molecular flexibility index (Phi) is 1.47. The van der Waals surface area contributed by atoms with Crippen molar-refractivity contribution in [2.24, 2.45) is 0 Å². The van der Waals surface area contributed by atoms with Crippen LogP contribution < -0.4 is 0 Å². The van der Waals surface area contributed by atoms with Crippen molar-refractivity contribution in [2.45, 2.75) is 25.2 Å². The van der Waals surface area contributed by atoms with E-state index in [1.54, 1.807) is 12.1 Å². The smallest absolute Gasteiger partial charge is 0.106 e. The summed E-state index contributed by atoms with van der Waals surface area (Å²) in [7, 11) is -0.498. The van der Waals surface area contributed by atoms with Crippen LogP contribution in [-0.2, 0) is 0 Å². The minimum Gasteiger partial charge on any atom is -0.134 e. The first-order chi connectivity index (χ1) is 3.13. The summed E-state index contributed by atoms with van der Waals surface area (Å²) in [6.07, 6.45) is 0. The number of halogens is 1. The lowest BCUT2D eigenvalue weighted by atomic mass is 10.9. The van der Waals surface area contributed by atoms with Crippen LogP contribution in [0.15, 0.2) is 0 Å². The molecule has 3 heteroatoms. The van der Waals surface area contributed by atoms with E-state index in [9.17, 15) is 0 Å². The fourth-order valence-corrected chi connectivity index (χ4v) is 11.6. The van der Waals surface area contributed by atoms with Gasteiger partial charge in [-0.2, -0.15) is 0 Å². The van der Waals surface area contributed by atoms with Gasteiger partial charge in [-0.3, -0.25) is 0 Å². The average molecular weight is 195 g/mol. The van der Waals surface area contributed by atoms with Crippen LogP contribution in [0.3, 0.4) is 0 Å². The molecule has 1 aliphatic rings. The van der Waals surface area contributed by atoms with E-state index in [1.807, 2.05) is 0 Å². The monoisotopic (exact) mass is 194 g/mol. The third-order valence-electron chi connectivity index (χ3n) is 1.89. The molecular weight excluding hydrogens is 184 g/mol. The highest BCUT2D eigenvalue weighted by Gasteiger charge is 2.39. The van der Waals surface area contributed by atoms with Gasteiger partial charge in [0.1, 0.15) is 6.93 Å². The Hall–Kier alpha value is 0.914. The van der Waals surface area contributed by atoms with E-state index in [0.717, 1.165) is 0 Å². The maximum atomic E-state index is 3.78. The molecule has 1 fully saturated rings. The molecule has 0 spiro atoms. The van der Waals surface area contributed by atoms with Crippen LogP contribution in [0.4, 0.5) is 0 Å². The van der Waals surface area contributed by atoms with Gasteiger partial charge in [0.05, 0.1) is 7.59 Å². The van der Waals surface area contributed by atoms with E-state index < -0.39 is 7.59 Å². The van der Waals surface area contributed by atoms with Gasteiger partial charge in [0.2, 0.25) is 0 Å². The Morgan fingerprint density at radius 1 is 1.57 bits per heavy atom. The topological polar surface area (TPSA) is 0 Å². The maximum absolute atomic E-state index is 3.78. The van der Waals surface area contributed by atoms with E-state index in [0.29, 0.717) is 0 Å². The molecule has 0 aromatic rings. The van der Waals surface area contributed by atoms with Crippen LogP contribution in [0.25, 0.3) is 0 Å². The van der Waals surface area contributed by atoms with Crippen molar-refractivity contribution in [1.82, 2.24) is 0 Å². The second-order valence-corrected chi connectivity index (χ2v) is 21.6. The molecule has 1 saturated heterocycles. The van der Waals surface area contributed by atoms with E-state index in [2.05, 4.69) is 28.4 Å². The van der Waals surface area contributed by atoms with E-state index in [-0.39, 0.29) is 6.93 Å². The highest BCUT2D eigenvalue weighted by molar-refractivity contribution is 9.26. The number of rotatable bonds is 0. The van der Waals surface area contributed by atoms with Crippen LogP contribution >= 0.6 is 15.3 Å². The lowest BCUT2D eigenvalue weighted by Crippen LogP contribution is -2.50. The van der Waals surface area contributed by atoms with Gasteiger partial charge in [0, 0.05) is 0 Å². The van der Waals surface area contributed by atoms with Crippen molar-refractivity contribution >= 4 is 29.8 Å². The molecular formula is C4H11BrSi2. The van der Waals surface area contributed by atoms with Crippen LogP contribution in [0, 0.1) is 0 Å².